The molecule has 1 atom stereocenters. The van der Waals surface area contributed by atoms with Gasteiger partial charge in [-0.2, -0.15) is 0 Å². The van der Waals surface area contributed by atoms with Gasteiger partial charge in [-0.15, -0.1) is 0 Å². The maximum Gasteiger partial charge on any atom is 0.316 e. The van der Waals surface area contributed by atoms with Gasteiger partial charge < -0.3 is 10.2 Å². The van der Waals surface area contributed by atoms with Gasteiger partial charge in [0.1, 0.15) is 5.41 Å². The van der Waals surface area contributed by atoms with Crippen molar-refractivity contribution in [2.24, 2.45) is 0 Å². The van der Waals surface area contributed by atoms with E-state index in [-0.39, 0.29) is 5.02 Å². The van der Waals surface area contributed by atoms with E-state index >= 15 is 0 Å². The van der Waals surface area contributed by atoms with Gasteiger partial charge in [-0.1, -0.05) is 29.3 Å². The van der Waals surface area contributed by atoms with Gasteiger partial charge in [0, 0.05) is 10.0 Å². The number of aliphatic carboxylic acids is 1. The highest BCUT2D eigenvalue weighted by atomic mass is 35.5. The Balaban J connectivity index is 3.30. The van der Waals surface area contributed by atoms with Gasteiger partial charge in [-0.3, -0.25) is 4.79 Å². The number of halogens is 2. The molecule has 0 radical (unpaired) electrons. The van der Waals surface area contributed by atoms with E-state index in [1.165, 1.54) is 19.1 Å². The Labute approximate surface area is 97.2 Å². The van der Waals surface area contributed by atoms with Crippen LogP contribution in [-0.4, -0.2) is 22.8 Å². The highest BCUT2D eigenvalue weighted by molar-refractivity contribution is 6.35. The molecule has 82 valence electrons. The van der Waals surface area contributed by atoms with Crippen molar-refractivity contribution in [3.8, 4) is 0 Å². The molecule has 0 saturated heterocycles. The predicted molar refractivity (Wildman–Crippen MR) is 58.5 cm³/mol. The van der Waals surface area contributed by atoms with Crippen LogP contribution in [0.15, 0.2) is 18.2 Å². The van der Waals surface area contributed by atoms with Gasteiger partial charge >= 0.3 is 5.97 Å². The average molecular weight is 249 g/mol. The van der Waals surface area contributed by atoms with Crippen molar-refractivity contribution in [2.75, 3.05) is 6.61 Å². The van der Waals surface area contributed by atoms with Gasteiger partial charge in [0.25, 0.3) is 0 Å². The van der Waals surface area contributed by atoms with Gasteiger partial charge in [-0.05, 0) is 24.6 Å². The minimum Gasteiger partial charge on any atom is -0.481 e. The van der Waals surface area contributed by atoms with Crippen molar-refractivity contribution in [2.45, 2.75) is 12.3 Å². The van der Waals surface area contributed by atoms with E-state index in [0.29, 0.717) is 10.6 Å². The predicted octanol–water partition coefficient (Wildman–Crippen LogP) is 2.33. The number of benzene rings is 1. The Morgan fingerprint density at radius 1 is 1.47 bits per heavy atom. The summed E-state index contributed by atoms with van der Waals surface area (Å²) in [6.45, 7) is 0.883. The molecule has 0 amide bonds. The maximum absolute atomic E-state index is 11.0. The lowest BCUT2D eigenvalue weighted by atomic mass is 9.83. The van der Waals surface area contributed by atoms with Crippen LogP contribution in [0.2, 0.25) is 10.0 Å². The second kappa shape index (κ2) is 4.39. The first-order valence-electron chi connectivity index (χ1n) is 4.21. The number of hydrogen-bond donors (Lipinski definition) is 2. The number of aliphatic hydroxyl groups is 1. The fraction of sp³-hybridized carbons (Fsp3) is 0.300. The summed E-state index contributed by atoms with van der Waals surface area (Å²) >= 11 is 11.6. The molecular formula is C10H10Cl2O3. The topological polar surface area (TPSA) is 57.5 Å². The third kappa shape index (κ3) is 2.25. The average Bonchev–Trinajstić information content (AvgIpc) is 2.16. The highest BCUT2D eigenvalue weighted by Gasteiger charge is 2.36. The molecule has 15 heavy (non-hydrogen) atoms. The Kier molecular flexibility index (Phi) is 3.60. The second-order valence-electron chi connectivity index (χ2n) is 3.42. The van der Waals surface area contributed by atoms with Crippen LogP contribution in [-0.2, 0) is 10.2 Å². The molecule has 0 aromatic heterocycles. The normalized spacial score (nSPS) is 14.7. The van der Waals surface area contributed by atoms with Crippen molar-refractivity contribution < 1.29 is 15.0 Å². The van der Waals surface area contributed by atoms with Crippen molar-refractivity contribution >= 4 is 29.2 Å². The Bertz CT molecular complexity index is 392. The molecule has 0 aliphatic rings. The van der Waals surface area contributed by atoms with Gasteiger partial charge in [-0.25, -0.2) is 0 Å². The first kappa shape index (κ1) is 12.3. The molecule has 1 unspecified atom stereocenters. The monoisotopic (exact) mass is 248 g/mol. The molecular weight excluding hydrogens is 239 g/mol. The van der Waals surface area contributed by atoms with E-state index in [0.717, 1.165) is 0 Å². The summed E-state index contributed by atoms with van der Waals surface area (Å²) in [4.78, 5) is 11.0. The lowest BCUT2D eigenvalue weighted by Crippen LogP contribution is -2.36. The quantitative estimate of drug-likeness (QED) is 0.864. The number of hydrogen-bond acceptors (Lipinski definition) is 2. The summed E-state index contributed by atoms with van der Waals surface area (Å²) in [6.07, 6.45) is 0. The second-order valence-corrected chi connectivity index (χ2v) is 4.26. The summed E-state index contributed by atoms with van der Waals surface area (Å²) in [5.74, 6) is -1.13. The number of carboxylic acid groups (broad SMARTS) is 1. The third-order valence-corrected chi connectivity index (χ3v) is 2.86. The van der Waals surface area contributed by atoms with Crippen LogP contribution in [0.4, 0.5) is 0 Å². The van der Waals surface area contributed by atoms with Crippen LogP contribution in [0, 0.1) is 0 Å². The lowest BCUT2D eigenvalue weighted by Gasteiger charge is -2.23. The van der Waals surface area contributed by atoms with Gasteiger partial charge in [0.15, 0.2) is 0 Å². The van der Waals surface area contributed by atoms with Crippen LogP contribution in [0.5, 0.6) is 0 Å². The summed E-state index contributed by atoms with van der Waals surface area (Å²) in [5, 5.41) is 18.8. The smallest absolute Gasteiger partial charge is 0.316 e. The first-order valence-corrected chi connectivity index (χ1v) is 4.97. The third-order valence-electron chi connectivity index (χ3n) is 2.31. The van der Waals surface area contributed by atoms with E-state index in [4.69, 9.17) is 33.4 Å². The molecule has 1 rings (SSSR count). The molecule has 0 bridgehead atoms. The van der Waals surface area contributed by atoms with E-state index in [9.17, 15) is 4.79 Å². The zero-order chi connectivity index (χ0) is 11.6. The SMILES string of the molecule is CC(CO)(C(=O)O)c1ccc(Cl)cc1Cl. The summed E-state index contributed by atoms with van der Waals surface area (Å²) < 4.78 is 0. The molecule has 0 fully saturated rings. The molecule has 0 heterocycles. The fourth-order valence-electron chi connectivity index (χ4n) is 1.20. The molecule has 3 nitrogen and oxygen atoms in total. The Hall–Kier alpha value is -0.770. The summed E-state index contributed by atoms with van der Waals surface area (Å²) in [7, 11) is 0. The van der Waals surface area contributed by atoms with E-state index in [2.05, 4.69) is 0 Å². The number of rotatable bonds is 3. The minimum absolute atomic E-state index is 0.237. The molecule has 5 heteroatoms. The molecule has 1 aromatic rings. The van der Waals surface area contributed by atoms with Crippen LogP contribution in [0.1, 0.15) is 12.5 Å². The van der Waals surface area contributed by atoms with Crippen molar-refractivity contribution in [1.82, 2.24) is 0 Å². The molecule has 0 spiro atoms. The zero-order valence-electron chi connectivity index (χ0n) is 8.00. The Morgan fingerprint density at radius 2 is 2.07 bits per heavy atom. The van der Waals surface area contributed by atoms with Crippen molar-refractivity contribution in [3.05, 3.63) is 33.8 Å². The van der Waals surface area contributed by atoms with Crippen LogP contribution < -0.4 is 0 Å². The molecule has 0 aliphatic carbocycles. The number of carbonyl (C=O) groups is 1. The Morgan fingerprint density at radius 3 is 2.47 bits per heavy atom. The number of carboxylic acids is 1. The van der Waals surface area contributed by atoms with E-state index in [1.54, 1.807) is 6.07 Å². The number of aliphatic hydroxyl groups excluding tert-OH is 1. The zero-order valence-corrected chi connectivity index (χ0v) is 9.51. The maximum atomic E-state index is 11.0. The van der Waals surface area contributed by atoms with Gasteiger partial charge in [0.2, 0.25) is 0 Å². The van der Waals surface area contributed by atoms with Crippen LogP contribution in [0.3, 0.4) is 0 Å². The van der Waals surface area contributed by atoms with Crippen molar-refractivity contribution in [3.63, 3.8) is 0 Å². The lowest BCUT2D eigenvalue weighted by molar-refractivity contribution is -0.144. The molecule has 0 saturated carbocycles. The standard InChI is InChI=1S/C10H10Cl2O3/c1-10(5-13,9(14)15)7-3-2-6(11)4-8(7)12/h2-4,13H,5H2,1H3,(H,14,15). The molecule has 0 aliphatic heterocycles. The molecule has 2 N–H and O–H groups in total. The van der Waals surface area contributed by atoms with Crippen LogP contribution >= 0.6 is 23.2 Å². The largest absolute Gasteiger partial charge is 0.481 e. The van der Waals surface area contributed by atoms with Gasteiger partial charge in [0.05, 0.1) is 6.61 Å². The fourth-order valence-corrected chi connectivity index (χ4v) is 1.82. The van der Waals surface area contributed by atoms with E-state index in [1.807, 2.05) is 0 Å². The summed E-state index contributed by atoms with van der Waals surface area (Å²) in [6, 6.07) is 4.50. The highest BCUT2D eigenvalue weighted by Crippen LogP contribution is 2.32. The first-order chi connectivity index (χ1) is 6.91. The summed E-state index contributed by atoms with van der Waals surface area (Å²) in [5.41, 5.74) is -1.05. The minimum atomic E-state index is -1.40. The van der Waals surface area contributed by atoms with E-state index < -0.39 is 18.0 Å². The van der Waals surface area contributed by atoms with Crippen molar-refractivity contribution in [1.29, 1.82) is 0 Å². The van der Waals surface area contributed by atoms with Crippen LogP contribution in [0.25, 0.3) is 0 Å². The molecule has 1 aromatic carbocycles.